The second-order valence-electron chi connectivity index (χ2n) is 6.66. The van der Waals surface area contributed by atoms with Crippen molar-refractivity contribution in [3.05, 3.63) is 35.9 Å². The molecule has 2 aromatic rings. The average molecular weight is 359 g/mol. The maximum atomic E-state index is 12.4. The second-order valence-corrected chi connectivity index (χ2v) is 7.97. The van der Waals surface area contributed by atoms with Crippen LogP contribution in [0.2, 0.25) is 0 Å². The average Bonchev–Trinajstić information content (AvgIpc) is 3.31. The van der Waals surface area contributed by atoms with Gasteiger partial charge in [-0.15, -0.1) is 5.10 Å². The fraction of sp³-hybridized carbons (Fsp3) is 0.556. The molecule has 1 aromatic heterocycles. The normalized spacial score (nSPS) is 17.4. The summed E-state index contributed by atoms with van der Waals surface area (Å²) in [5.74, 6) is 0.305. The molecule has 1 aliphatic carbocycles. The van der Waals surface area contributed by atoms with Crippen LogP contribution in [0, 0.1) is 0 Å². The number of carbonyl (C=O) groups excluding carboxylic acids is 1. The molecule has 0 unspecified atom stereocenters. The van der Waals surface area contributed by atoms with E-state index in [1.54, 1.807) is 0 Å². The number of thioether (sulfide) groups is 1. The summed E-state index contributed by atoms with van der Waals surface area (Å²) in [6, 6.07) is 10.6. The lowest BCUT2D eigenvalue weighted by atomic mass is 10.0. The summed E-state index contributed by atoms with van der Waals surface area (Å²) in [5, 5.41) is 15.6. The topological polar surface area (TPSA) is 72.7 Å². The van der Waals surface area contributed by atoms with Crippen LogP contribution >= 0.6 is 11.8 Å². The molecular formula is C18H25N5OS. The number of aromatic nitrogens is 4. The molecule has 0 spiro atoms. The quantitative estimate of drug-likeness (QED) is 0.769. The summed E-state index contributed by atoms with van der Waals surface area (Å²) in [5.41, 5.74) is 1.23. The Bertz CT molecular complexity index is 684. The summed E-state index contributed by atoms with van der Waals surface area (Å²) in [7, 11) is 0. The van der Waals surface area contributed by atoms with Crippen LogP contribution in [0.5, 0.6) is 0 Å². The van der Waals surface area contributed by atoms with E-state index in [2.05, 4.69) is 39.9 Å². The van der Waals surface area contributed by atoms with Crippen LogP contribution in [-0.4, -0.2) is 37.9 Å². The Hall–Kier alpha value is -1.89. The van der Waals surface area contributed by atoms with Gasteiger partial charge in [0, 0.05) is 6.54 Å². The lowest BCUT2D eigenvalue weighted by Crippen LogP contribution is -2.33. The third-order valence-corrected chi connectivity index (χ3v) is 5.78. The molecule has 1 saturated carbocycles. The van der Waals surface area contributed by atoms with Crippen molar-refractivity contribution in [1.29, 1.82) is 0 Å². The van der Waals surface area contributed by atoms with E-state index < -0.39 is 0 Å². The number of tetrazole rings is 1. The molecule has 1 aliphatic rings. The van der Waals surface area contributed by atoms with Crippen molar-refractivity contribution in [2.75, 3.05) is 6.54 Å². The zero-order chi connectivity index (χ0) is 17.6. The molecule has 25 heavy (non-hydrogen) atoms. The second kappa shape index (κ2) is 8.47. The third kappa shape index (κ3) is 4.60. The molecule has 6 nitrogen and oxygen atoms in total. The van der Waals surface area contributed by atoms with Crippen LogP contribution in [0.1, 0.15) is 57.1 Å². The first-order valence-corrected chi connectivity index (χ1v) is 9.80. The zero-order valence-corrected chi connectivity index (χ0v) is 15.6. The Morgan fingerprint density at radius 2 is 2.00 bits per heavy atom. The van der Waals surface area contributed by atoms with E-state index in [0.29, 0.717) is 12.6 Å². The lowest BCUT2D eigenvalue weighted by Gasteiger charge is -2.16. The van der Waals surface area contributed by atoms with Gasteiger partial charge in [0.05, 0.1) is 11.3 Å². The van der Waals surface area contributed by atoms with Gasteiger partial charge in [0.1, 0.15) is 0 Å². The number of hydrogen-bond acceptors (Lipinski definition) is 5. The van der Waals surface area contributed by atoms with Crippen LogP contribution in [0.3, 0.4) is 0 Å². The maximum Gasteiger partial charge on any atom is 0.233 e. The fourth-order valence-electron chi connectivity index (χ4n) is 3.15. The van der Waals surface area contributed by atoms with Gasteiger partial charge < -0.3 is 5.32 Å². The first-order valence-electron chi connectivity index (χ1n) is 8.92. The number of hydrogen-bond donors (Lipinski definition) is 1. The van der Waals surface area contributed by atoms with E-state index in [0.717, 1.165) is 18.0 Å². The minimum atomic E-state index is -0.228. The Morgan fingerprint density at radius 3 is 2.72 bits per heavy atom. The molecular weight excluding hydrogens is 334 g/mol. The van der Waals surface area contributed by atoms with Gasteiger partial charge in [-0.3, -0.25) is 4.79 Å². The molecule has 1 amide bonds. The molecule has 1 N–H and O–H groups in total. The van der Waals surface area contributed by atoms with Crippen molar-refractivity contribution in [2.24, 2.45) is 0 Å². The number of rotatable bonds is 7. The number of amides is 1. The van der Waals surface area contributed by atoms with Gasteiger partial charge >= 0.3 is 0 Å². The molecule has 1 fully saturated rings. The van der Waals surface area contributed by atoms with Crippen molar-refractivity contribution >= 4 is 17.7 Å². The zero-order valence-electron chi connectivity index (χ0n) is 14.8. The number of benzene rings is 1. The molecule has 2 atom stereocenters. The first kappa shape index (κ1) is 17.9. The van der Waals surface area contributed by atoms with E-state index in [4.69, 9.17) is 0 Å². The molecule has 0 bridgehead atoms. The van der Waals surface area contributed by atoms with Gasteiger partial charge in [0.15, 0.2) is 0 Å². The SMILES string of the molecule is C[C@@H](Sc1nnnn1C1CCCC1)C(=O)NC[C@H](C)c1ccccc1. The minimum Gasteiger partial charge on any atom is -0.355 e. The standard InChI is InChI=1S/C18H25N5OS/c1-13(15-8-4-3-5-9-15)12-19-17(24)14(2)25-18-20-21-22-23(18)16-10-6-7-11-16/h3-5,8-9,13-14,16H,6-7,10-12H2,1-2H3,(H,19,24)/t13-,14+/m0/s1. The highest BCUT2D eigenvalue weighted by Crippen LogP contribution is 2.32. The highest BCUT2D eigenvalue weighted by molar-refractivity contribution is 8.00. The lowest BCUT2D eigenvalue weighted by molar-refractivity contribution is -0.120. The third-order valence-electron chi connectivity index (χ3n) is 4.74. The minimum absolute atomic E-state index is 0.0220. The highest BCUT2D eigenvalue weighted by atomic mass is 32.2. The van der Waals surface area contributed by atoms with Gasteiger partial charge in [-0.1, -0.05) is 61.9 Å². The monoisotopic (exact) mass is 359 g/mol. The van der Waals surface area contributed by atoms with Crippen LogP contribution in [0.15, 0.2) is 35.5 Å². The van der Waals surface area contributed by atoms with Crippen molar-refractivity contribution in [3.63, 3.8) is 0 Å². The molecule has 0 aliphatic heterocycles. The van der Waals surface area contributed by atoms with Gasteiger partial charge in [-0.05, 0) is 41.7 Å². The van der Waals surface area contributed by atoms with Crippen molar-refractivity contribution in [1.82, 2.24) is 25.5 Å². The van der Waals surface area contributed by atoms with Gasteiger partial charge in [0.2, 0.25) is 11.1 Å². The Kier molecular flexibility index (Phi) is 6.07. The molecule has 0 radical (unpaired) electrons. The summed E-state index contributed by atoms with van der Waals surface area (Å²) in [4.78, 5) is 12.4. The molecule has 1 heterocycles. The molecule has 7 heteroatoms. The summed E-state index contributed by atoms with van der Waals surface area (Å²) in [6.07, 6.45) is 4.69. The fourth-order valence-corrected chi connectivity index (χ4v) is 4.03. The summed E-state index contributed by atoms with van der Waals surface area (Å²) < 4.78 is 1.90. The molecule has 0 saturated heterocycles. The van der Waals surface area contributed by atoms with Crippen LogP contribution in [0.25, 0.3) is 0 Å². The van der Waals surface area contributed by atoms with Gasteiger partial charge in [0.25, 0.3) is 0 Å². The Balaban J connectivity index is 1.52. The summed E-state index contributed by atoms with van der Waals surface area (Å²) in [6.45, 7) is 4.65. The van der Waals surface area contributed by atoms with Gasteiger partial charge in [-0.2, -0.15) is 0 Å². The number of nitrogens with zero attached hydrogens (tertiary/aromatic N) is 4. The van der Waals surface area contributed by atoms with Crippen LogP contribution in [-0.2, 0) is 4.79 Å². The van der Waals surface area contributed by atoms with E-state index in [9.17, 15) is 4.79 Å². The molecule has 3 rings (SSSR count). The number of nitrogens with one attached hydrogen (secondary N) is 1. The maximum absolute atomic E-state index is 12.4. The molecule has 134 valence electrons. The largest absolute Gasteiger partial charge is 0.355 e. The van der Waals surface area contributed by atoms with E-state index >= 15 is 0 Å². The Labute approximate surface area is 152 Å². The number of carbonyl (C=O) groups is 1. The van der Waals surface area contributed by atoms with Gasteiger partial charge in [-0.25, -0.2) is 4.68 Å². The van der Waals surface area contributed by atoms with Crippen molar-refractivity contribution < 1.29 is 4.79 Å². The smallest absolute Gasteiger partial charge is 0.233 e. The van der Waals surface area contributed by atoms with E-state index in [-0.39, 0.29) is 17.1 Å². The molecule has 1 aromatic carbocycles. The predicted molar refractivity (Wildman–Crippen MR) is 98.5 cm³/mol. The van der Waals surface area contributed by atoms with Crippen LogP contribution < -0.4 is 5.32 Å². The predicted octanol–water partition coefficient (Wildman–Crippen LogP) is 3.19. The van der Waals surface area contributed by atoms with Crippen LogP contribution in [0.4, 0.5) is 0 Å². The van der Waals surface area contributed by atoms with E-state index in [1.165, 1.54) is 30.2 Å². The Morgan fingerprint density at radius 1 is 1.28 bits per heavy atom. The van der Waals surface area contributed by atoms with Crippen molar-refractivity contribution in [3.8, 4) is 0 Å². The van der Waals surface area contributed by atoms with E-state index in [1.807, 2.05) is 29.8 Å². The summed E-state index contributed by atoms with van der Waals surface area (Å²) >= 11 is 1.43. The highest BCUT2D eigenvalue weighted by Gasteiger charge is 2.24. The first-order chi connectivity index (χ1) is 12.1. The van der Waals surface area contributed by atoms with Crippen molar-refractivity contribution in [2.45, 2.75) is 61.9 Å².